The third-order valence-corrected chi connectivity index (χ3v) is 8.05. The average Bonchev–Trinajstić information content (AvgIpc) is 3.40. The molecule has 0 aliphatic carbocycles. The number of piperidine rings is 1. The quantitative estimate of drug-likeness (QED) is 0.485. The number of aromatic amines is 1. The second-order valence-corrected chi connectivity index (χ2v) is 10.4. The molecule has 11 heteroatoms. The fraction of sp³-hybridized carbons (Fsp3) is 0.360. The molecule has 36 heavy (non-hydrogen) atoms. The normalized spacial score (nSPS) is 18.0. The van der Waals surface area contributed by atoms with Crippen LogP contribution in [0.5, 0.6) is 5.88 Å². The molecule has 5 rings (SSSR count). The molecular weight excluding hydrogens is 500 g/mol. The molecule has 2 N–H and O–H groups in total. The standard InChI is InChI=1S/C25H27ClN6O3S/c1-31-22-6-4-3-5-16(22)21(14-36-31)28-24(33)15-7-9-32(10-8-15)25(34)20-12-19(29-30-20)17-11-23(35-2)27-13-18(17)26/h3-6,11-13,15,21H,7-10,14H2,1-2H3,(H,28,33)(H,29,30). The molecule has 3 aromatic rings. The molecule has 0 spiro atoms. The monoisotopic (exact) mass is 526 g/mol. The summed E-state index contributed by atoms with van der Waals surface area (Å²) < 4.78 is 7.30. The largest absolute Gasteiger partial charge is 0.481 e. The number of nitrogens with zero attached hydrogens (tertiary/aromatic N) is 4. The number of halogens is 1. The number of hydrogen-bond donors (Lipinski definition) is 2. The number of rotatable bonds is 5. The molecule has 1 fully saturated rings. The van der Waals surface area contributed by atoms with E-state index in [-0.39, 0.29) is 23.8 Å². The van der Waals surface area contributed by atoms with Crippen LogP contribution in [-0.2, 0) is 4.79 Å². The minimum absolute atomic E-state index is 0.0170. The van der Waals surface area contributed by atoms with E-state index in [9.17, 15) is 9.59 Å². The average molecular weight is 527 g/mol. The summed E-state index contributed by atoms with van der Waals surface area (Å²) in [6, 6.07) is 11.5. The Bertz CT molecular complexity index is 1280. The molecule has 0 saturated carbocycles. The van der Waals surface area contributed by atoms with Gasteiger partial charge in [0.05, 0.1) is 35.8 Å². The van der Waals surface area contributed by atoms with Gasteiger partial charge in [0, 0.05) is 43.4 Å². The van der Waals surface area contributed by atoms with Gasteiger partial charge < -0.3 is 19.3 Å². The molecule has 9 nitrogen and oxygen atoms in total. The van der Waals surface area contributed by atoms with Crippen LogP contribution in [0.2, 0.25) is 5.02 Å². The van der Waals surface area contributed by atoms with Crippen molar-refractivity contribution in [3.8, 4) is 17.1 Å². The molecule has 1 unspecified atom stereocenters. The highest BCUT2D eigenvalue weighted by molar-refractivity contribution is 8.00. The number of benzene rings is 1. The minimum atomic E-state index is -0.148. The fourth-order valence-corrected chi connectivity index (χ4v) is 5.78. The summed E-state index contributed by atoms with van der Waals surface area (Å²) in [6.07, 6.45) is 2.73. The topological polar surface area (TPSA) is 103 Å². The number of fused-ring (bicyclic) bond motifs is 1. The molecule has 2 aliphatic heterocycles. The zero-order valence-corrected chi connectivity index (χ0v) is 21.6. The molecule has 2 aromatic heterocycles. The van der Waals surface area contributed by atoms with E-state index < -0.39 is 0 Å². The van der Waals surface area contributed by atoms with Crippen molar-refractivity contribution in [2.24, 2.45) is 5.92 Å². The number of para-hydroxylation sites is 1. The van der Waals surface area contributed by atoms with Gasteiger partial charge in [-0.25, -0.2) is 4.98 Å². The first-order valence-electron chi connectivity index (χ1n) is 11.7. The van der Waals surface area contributed by atoms with Crippen LogP contribution in [-0.4, -0.2) is 64.9 Å². The van der Waals surface area contributed by atoms with E-state index in [1.807, 2.05) is 19.2 Å². The lowest BCUT2D eigenvalue weighted by molar-refractivity contribution is -0.126. The summed E-state index contributed by atoms with van der Waals surface area (Å²) in [6.45, 7) is 1.02. The van der Waals surface area contributed by atoms with Crippen LogP contribution < -0.4 is 14.4 Å². The second-order valence-electron chi connectivity index (χ2n) is 8.85. The number of ether oxygens (including phenoxy) is 1. The highest BCUT2D eigenvalue weighted by Gasteiger charge is 2.31. The van der Waals surface area contributed by atoms with Gasteiger partial charge in [0.2, 0.25) is 11.8 Å². The summed E-state index contributed by atoms with van der Waals surface area (Å²) in [7, 11) is 3.56. The van der Waals surface area contributed by atoms with Crippen molar-refractivity contribution < 1.29 is 14.3 Å². The zero-order chi connectivity index (χ0) is 25.2. The number of H-pyrrole nitrogens is 1. The van der Waals surface area contributed by atoms with Crippen molar-refractivity contribution in [3.63, 3.8) is 0 Å². The number of carbonyl (C=O) groups is 2. The lowest BCUT2D eigenvalue weighted by atomic mass is 9.94. The Morgan fingerprint density at radius 3 is 2.78 bits per heavy atom. The van der Waals surface area contributed by atoms with Gasteiger partial charge in [0.1, 0.15) is 5.69 Å². The van der Waals surface area contributed by atoms with Crippen molar-refractivity contribution in [2.75, 3.05) is 37.3 Å². The lowest BCUT2D eigenvalue weighted by Crippen LogP contribution is -2.44. The molecule has 188 valence electrons. The van der Waals surface area contributed by atoms with E-state index in [0.717, 1.165) is 17.0 Å². The number of nitrogens with one attached hydrogen (secondary N) is 2. The van der Waals surface area contributed by atoms with Crippen LogP contribution in [0.3, 0.4) is 0 Å². The second kappa shape index (κ2) is 10.4. The van der Waals surface area contributed by atoms with Crippen LogP contribution >= 0.6 is 23.5 Å². The maximum Gasteiger partial charge on any atom is 0.271 e. The minimum Gasteiger partial charge on any atom is -0.481 e. The Labute approximate surface area is 218 Å². The van der Waals surface area contributed by atoms with Gasteiger partial charge in [0.15, 0.2) is 0 Å². The van der Waals surface area contributed by atoms with Gasteiger partial charge in [-0.3, -0.25) is 14.7 Å². The SMILES string of the molecule is COc1cc(-c2cc(C(=O)N3CCC(C(=O)NC4CSN(C)c5ccccc54)CC3)[nH]n2)c(Cl)cn1. The summed E-state index contributed by atoms with van der Waals surface area (Å²) in [4.78, 5) is 32.0. The molecule has 1 aromatic carbocycles. The summed E-state index contributed by atoms with van der Waals surface area (Å²) >= 11 is 7.97. The zero-order valence-electron chi connectivity index (χ0n) is 20.0. The predicted octanol–water partition coefficient (Wildman–Crippen LogP) is 3.94. The number of hydrogen-bond acceptors (Lipinski definition) is 7. The van der Waals surface area contributed by atoms with Gasteiger partial charge >= 0.3 is 0 Å². The molecule has 0 radical (unpaired) electrons. The Morgan fingerprint density at radius 2 is 2.00 bits per heavy atom. The molecule has 0 bridgehead atoms. The van der Waals surface area contributed by atoms with Crippen molar-refractivity contribution in [2.45, 2.75) is 18.9 Å². The van der Waals surface area contributed by atoms with Crippen LogP contribution in [0.1, 0.15) is 34.9 Å². The lowest BCUT2D eigenvalue weighted by Gasteiger charge is -2.35. The number of methoxy groups -OCH3 is 1. The fourth-order valence-electron chi connectivity index (χ4n) is 4.64. The highest BCUT2D eigenvalue weighted by Crippen LogP contribution is 2.37. The predicted molar refractivity (Wildman–Crippen MR) is 140 cm³/mol. The Balaban J connectivity index is 1.19. The number of aromatic nitrogens is 3. The van der Waals surface area contributed by atoms with Gasteiger partial charge in [-0.05, 0) is 42.5 Å². The third-order valence-electron chi connectivity index (χ3n) is 6.68. The van der Waals surface area contributed by atoms with E-state index in [1.165, 1.54) is 13.3 Å². The molecule has 1 saturated heterocycles. The van der Waals surface area contributed by atoms with Crippen LogP contribution in [0, 0.1) is 5.92 Å². The Morgan fingerprint density at radius 1 is 1.22 bits per heavy atom. The molecule has 2 amide bonds. The number of carbonyl (C=O) groups excluding carboxylic acids is 2. The van der Waals surface area contributed by atoms with E-state index in [1.54, 1.807) is 29.0 Å². The summed E-state index contributed by atoms with van der Waals surface area (Å²) in [5.74, 6) is 0.994. The van der Waals surface area contributed by atoms with E-state index in [0.29, 0.717) is 53.8 Å². The van der Waals surface area contributed by atoms with Crippen LogP contribution in [0.25, 0.3) is 11.3 Å². The number of anilines is 1. The highest BCUT2D eigenvalue weighted by atomic mass is 35.5. The van der Waals surface area contributed by atoms with Crippen molar-refractivity contribution in [1.29, 1.82) is 0 Å². The van der Waals surface area contributed by atoms with Crippen molar-refractivity contribution in [3.05, 3.63) is 58.9 Å². The van der Waals surface area contributed by atoms with Crippen molar-refractivity contribution in [1.82, 2.24) is 25.4 Å². The first kappa shape index (κ1) is 24.5. The van der Waals surface area contributed by atoms with Crippen LogP contribution in [0.4, 0.5) is 5.69 Å². The summed E-state index contributed by atoms with van der Waals surface area (Å²) in [5.41, 5.74) is 3.81. The number of likely N-dealkylation sites (tertiary alicyclic amines) is 1. The first-order valence-corrected chi connectivity index (χ1v) is 13.1. The molecular formula is C25H27ClN6O3S. The number of amides is 2. The molecule has 4 heterocycles. The molecule has 2 aliphatic rings. The van der Waals surface area contributed by atoms with Gasteiger partial charge in [-0.15, -0.1) is 0 Å². The third kappa shape index (κ3) is 4.87. The van der Waals surface area contributed by atoms with E-state index in [2.05, 4.69) is 36.9 Å². The van der Waals surface area contributed by atoms with Gasteiger partial charge in [0.25, 0.3) is 5.91 Å². The maximum atomic E-state index is 13.1. The van der Waals surface area contributed by atoms with Gasteiger partial charge in [-0.1, -0.05) is 29.8 Å². The van der Waals surface area contributed by atoms with E-state index in [4.69, 9.17) is 16.3 Å². The summed E-state index contributed by atoms with van der Waals surface area (Å²) in [5, 5.41) is 10.7. The maximum absolute atomic E-state index is 13.1. The van der Waals surface area contributed by atoms with Crippen LogP contribution in [0.15, 0.2) is 42.6 Å². The smallest absolute Gasteiger partial charge is 0.271 e. The van der Waals surface area contributed by atoms with E-state index >= 15 is 0 Å². The Hall–Kier alpha value is -3.24. The van der Waals surface area contributed by atoms with Crippen molar-refractivity contribution >= 4 is 41.1 Å². The first-order chi connectivity index (χ1) is 17.4. The molecule has 1 atom stereocenters. The van der Waals surface area contributed by atoms with Gasteiger partial charge in [-0.2, -0.15) is 5.10 Å². The Kier molecular flexibility index (Phi) is 7.06. The number of pyridine rings is 1.